The Labute approximate surface area is 247 Å². The summed E-state index contributed by atoms with van der Waals surface area (Å²) in [6, 6.07) is 6.14. The van der Waals surface area contributed by atoms with E-state index in [9.17, 15) is 4.79 Å². The number of thiophene rings is 1. The van der Waals surface area contributed by atoms with Gasteiger partial charge in [-0.1, -0.05) is 26.0 Å². The van der Waals surface area contributed by atoms with E-state index in [1.165, 1.54) is 21.8 Å². The third kappa shape index (κ3) is 7.27. The Kier molecular flexibility index (Phi) is 9.28. The summed E-state index contributed by atoms with van der Waals surface area (Å²) in [6.07, 6.45) is 4.73. The van der Waals surface area contributed by atoms with Gasteiger partial charge in [-0.25, -0.2) is 5.01 Å². The maximum Gasteiger partial charge on any atom is 0.265 e. The summed E-state index contributed by atoms with van der Waals surface area (Å²) < 4.78 is 5.52. The number of carbonyl (C=O) groups is 1. The molecular formula is C30H42N8O2S. The van der Waals surface area contributed by atoms with E-state index in [1.54, 1.807) is 6.20 Å². The average molecular weight is 579 g/mol. The molecule has 1 atom stereocenters. The molecule has 0 bridgehead atoms. The van der Waals surface area contributed by atoms with E-state index in [1.807, 2.05) is 37.1 Å². The van der Waals surface area contributed by atoms with Crippen molar-refractivity contribution in [3.8, 4) is 0 Å². The second-order valence-electron chi connectivity index (χ2n) is 11.8. The van der Waals surface area contributed by atoms with Crippen molar-refractivity contribution in [3.05, 3.63) is 51.1 Å². The molecule has 220 valence electrons. The number of aliphatic imine (C=N–C) groups is 1. The highest BCUT2D eigenvalue weighted by Crippen LogP contribution is 2.32. The smallest absolute Gasteiger partial charge is 0.265 e. The topological polar surface area (TPSA) is 98.0 Å². The van der Waals surface area contributed by atoms with Gasteiger partial charge in [0, 0.05) is 56.5 Å². The summed E-state index contributed by atoms with van der Waals surface area (Å²) in [5.74, 6) is -0.130. The molecule has 3 aliphatic heterocycles. The highest BCUT2D eigenvalue weighted by Gasteiger charge is 2.28. The number of pyridine rings is 1. The van der Waals surface area contributed by atoms with E-state index >= 15 is 0 Å². The maximum absolute atomic E-state index is 13.0. The van der Waals surface area contributed by atoms with Crippen LogP contribution >= 0.6 is 11.3 Å². The quantitative estimate of drug-likeness (QED) is 0.446. The zero-order valence-electron chi connectivity index (χ0n) is 24.9. The fourth-order valence-electron chi connectivity index (χ4n) is 5.28. The lowest BCUT2D eigenvalue weighted by Gasteiger charge is -2.39. The van der Waals surface area contributed by atoms with Crippen LogP contribution in [0.3, 0.4) is 0 Å². The first-order chi connectivity index (χ1) is 19.7. The SMILES string of the molecule is CCOCCN1CCN(C2C=NC/C(=C3/CN(c4cc(NC(=O)c5ccc(C(C)(C)C)s5)cnc4C)N=N3)C2)CC1. The second-order valence-corrected chi connectivity index (χ2v) is 12.9. The molecule has 0 saturated carbocycles. The monoisotopic (exact) mass is 578 g/mol. The summed E-state index contributed by atoms with van der Waals surface area (Å²) in [4.78, 5) is 29.1. The summed E-state index contributed by atoms with van der Waals surface area (Å²) >= 11 is 1.53. The standard InChI is InChI=1S/C30H42N8O2S/c1-6-40-14-13-36-9-11-37(12-10-36)24-15-22(17-31-19-24)25-20-38(35-34-25)26-16-23(18-32-21(26)2)33-29(39)27-7-8-28(41-27)30(3,4)5/h7-8,16,18-19,24H,6,9-15,17,20H2,1-5H3,(H,33,39)/b25-22-. The van der Waals surface area contributed by atoms with E-state index in [0.717, 1.165) is 69.4 Å². The number of anilines is 2. The van der Waals surface area contributed by atoms with Gasteiger partial charge >= 0.3 is 0 Å². The van der Waals surface area contributed by atoms with Crippen molar-refractivity contribution in [1.82, 2.24) is 14.8 Å². The van der Waals surface area contributed by atoms with Crippen molar-refractivity contribution in [2.45, 2.75) is 52.5 Å². The number of nitrogens with zero attached hydrogens (tertiary/aromatic N) is 7. The number of aryl methyl sites for hydroxylation is 1. The van der Waals surface area contributed by atoms with E-state index in [-0.39, 0.29) is 11.3 Å². The Morgan fingerprint density at radius 3 is 2.73 bits per heavy atom. The molecule has 1 N–H and O–H groups in total. The molecule has 41 heavy (non-hydrogen) atoms. The third-order valence-electron chi connectivity index (χ3n) is 7.79. The van der Waals surface area contributed by atoms with Crippen LogP contribution < -0.4 is 10.3 Å². The third-order valence-corrected chi connectivity index (χ3v) is 9.30. The Morgan fingerprint density at radius 2 is 2.00 bits per heavy atom. The van der Waals surface area contributed by atoms with E-state index in [4.69, 9.17) is 9.73 Å². The second kappa shape index (κ2) is 12.9. The van der Waals surface area contributed by atoms with Gasteiger partial charge in [0.1, 0.15) is 0 Å². The van der Waals surface area contributed by atoms with Crippen molar-refractivity contribution in [2.75, 3.05) is 69.4 Å². The molecule has 1 unspecified atom stereocenters. The molecule has 10 nitrogen and oxygen atoms in total. The lowest BCUT2D eigenvalue weighted by Crippen LogP contribution is -2.52. The van der Waals surface area contributed by atoms with Crippen LogP contribution in [0.25, 0.3) is 0 Å². The number of aromatic nitrogens is 1. The minimum Gasteiger partial charge on any atom is -0.380 e. The number of nitrogens with one attached hydrogen (secondary N) is 1. The highest BCUT2D eigenvalue weighted by atomic mass is 32.1. The van der Waals surface area contributed by atoms with Crippen LogP contribution in [0.1, 0.15) is 54.4 Å². The lowest BCUT2D eigenvalue weighted by molar-refractivity contribution is 0.0749. The fourth-order valence-corrected chi connectivity index (χ4v) is 6.24. The van der Waals surface area contributed by atoms with Gasteiger partial charge in [-0.05, 0) is 49.5 Å². The van der Waals surface area contributed by atoms with Crippen molar-refractivity contribution in [2.24, 2.45) is 15.3 Å². The predicted octanol–water partition coefficient (Wildman–Crippen LogP) is 4.94. The molecule has 0 radical (unpaired) electrons. The maximum atomic E-state index is 13.0. The molecule has 2 aromatic heterocycles. The first kappa shape index (κ1) is 29.5. The molecular weight excluding hydrogens is 536 g/mol. The highest BCUT2D eigenvalue weighted by molar-refractivity contribution is 7.14. The number of hydrogen-bond acceptors (Lipinski definition) is 10. The van der Waals surface area contributed by atoms with Gasteiger partial charge in [-0.2, -0.15) is 0 Å². The first-order valence-electron chi connectivity index (χ1n) is 14.5. The molecule has 1 saturated heterocycles. The number of rotatable bonds is 8. The van der Waals surface area contributed by atoms with Crippen LogP contribution in [0.15, 0.2) is 51.0 Å². The Balaban J connectivity index is 1.20. The fraction of sp³-hybridized carbons (Fsp3) is 0.567. The first-order valence-corrected chi connectivity index (χ1v) is 15.4. The number of hydrogen-bond donors (Lipinski definition) is 1. The van der Waals surface area contributed by atoms with Crippen LogP contribution in [0, 0.1) is 6.92 Å². The molecule has 0 aliphatic carbocycles. The lowest BCUT2D eigenvalue weighted by atomic mass is 9.95. The van der Waals surface area contributed by atoms with E-state index in [0.29, 0.717) is 29.7 Å². The Bertz CT molecular complexity index is 1320. The van der Waals surface area contributed by atoms with Crippen molar-refractivity contribution in [3.63, 3.8) is 0 Å². The number of piperazine rings is 1. The summed E-state index contributed by atoms with van der Waals surface area (Å²) in [6.45, 7) is 18.4. The van der Waals surface area contributed by atoms with Crippen molar-refractivity contribution < 1.29 is 9.53 Å². The minimum absolute atomic E-state index is 0.0110. The zero-order valence-corrected chi connectivity index (χ0v) is 25.7. The minimum atomic E-state index is -0.130. The molecule has 5 rings (SSSR count). The summed E-state index contributed by atoms with van der Waals surface area (Å²) in [5.41, 5.74) is 4.54. The van der Waals surface area contributed by atoms with Gasteiger partial charge in [0.2, 0.25) is 0 Å². The normalized spacial score (nSPS) is 22.1. The van der Waals surface area contributed by atoms with Crippen molar-refractivity contribution in [1.29, 1.82) is 0 Å². The zero-order chi connectivity index (χ0) is 29.0. The van der Waals surface area contributed by atoms with Crippen LogP contribution in [0.2, 0.25) is 0 Å². The largest absolute Gasteiger partial charge is 0.380 e. The van der Waals surface area contributed by atoms with Crippen LogP contribution in [0.5, 0.6) is 0 Å². The Morgan fingerprint density at radius 1 is 1.20 bits per heavy atom. The summed E-state index contributed by atoms with van der Waals surface area (Å²) in [7, 11) is 0. The van der Waals surface area contributed by atoms with Gasteiger partial charge in [-0.15, -0.1) is 16.5 Å². The van der Waals surface area contributed by atoms with Gasteiger partial charge in [0.05, 0.1) is 53.5 Å². The van der Waals surface area contributed by atoms with Crippen molar-refractivity contribution >= 4 is 34.8 Å². The van der Waals surface area contributed by atoms with Gasteiger partial charge in [-0.3, -0.25) is 24.6 Å². The molecule has 5 heterocycles. The van der Waals surface area contributed by atoms with Gasteiger partial charge in [0.25, 0.3) is 5.91 Å². The van der Waals surface area contributed by atoms with Crippen LogP contribution in [-0.2, 0) is 10.2 Å². The molecule has 1 amide bonds. The molecule has 2 aromatic rings. The van der Waals surface area contributed by atoms with Crippen LogP contribution in [-0.4, -0.2) is 92.0 Å². The Hall–Kier alpha value is -2.99. The molecule has 0 spiro atoms. The average Bonchev–Trinajstić information content (AvgIpc) is 3.66. The molecule has 1 fully saturated rings. The summed E-state index contributed by atoms with van der Waals surface area (Å²) in [5, 5.41) is 13.9. The number of carbonyl (C=O) groups excluding carboxylic acids is 1. The van der Waals surface area contributed by atoms with E-state index in [2.05, 4.69) is 57.4 Å². The molecule has 11 heteroatoms. The molecule has 3 aliphatic rings. The molecule has 0 aromatic carbocycles. The van der Waals surface area contributed by atoms with Crippen LogP contribution in [0.4, 0.5) is 11.4 Å². The van der Waals surface area contributed by atoms with E-state index < -0.39 is 0 Å². The number of ether oxygens (including phenoxy) is 1. The van der Waals surface area contributed by atoms with Gasteiger partial charge < -0.3 is 10.1 Å². The predicted molar refractivity (Wildman–Crippen MR) is 165 cm³/mol. The number of amides is 1. The van der Waals surface area contributed by atoms with Gasteiger partial charge in [0.15, 0.2) is 0 Å².